The molecule has 0 spiro atoms. The Hall–Kier alpha value is -2.40. The molecule has 0 saturated heterocycles. The van der Waals surface area contributed by atoms with E-state index in [0.717, 1.165) is 22.6 Å². The summed E-state index contributed by atoms with van der Waals surface area (Å²) in [5.74, 6) is -2.86. The van der Waals surface area contributed by atoms with Gasteiger partial charge in [0.1, 0.15) is 0 Å². The zero-order chi connectivity index (χ0) is 21.7. The van der Waals surface area contributed by atoms with Gasteiger partial charge in [-0.2, -0.15) is 0 Å². The number of amides is 1. The summed E-state index contributed by atoms with van der Waals surface area (Å²) in [4.78, 5) is 16.7. The highest BCUT2D eigenvalue weighted by molar-refractivity contribution is 7.89. The average molecular weight is 472 g/mol. The van der Waals surface area contributed by atoms with Gasteiger partial charge in [0, 0.05) is 35.5 Å². The van der Waals surface area contributed by atoms with E-state index in [1.807, 2.05) is 18.2 Å². The standard InChI is InChI=1S/C19H16ClF2N3O3S2/c20-13-3-1-2-12(8-13)9-14-11-23-19(29-14)25-18(26)6-7-24-30(27,28)15-4-5-16(21)17(22)10-15/h1-5,8,10-11,24H,6-7,9H2,(H,23,25,26). The molecule has 0 fully saturated rings. The molecule has 6 nitrogen and oxygen atoms in total. The maximum absolute atomic E-state index is 13.2. The van der Waals surface area contributed by atoms with Gasteiger partial charge in [-0.05, 0) is 35.9 Å². The summed E-state index contributed by atoms with van der Waals surface area (Å²) < 4.78 is 52.5. The van der Waals surface area contributed by atoms with Crippen LogP contribution in [-0.2, 0) is 21.2 Å². The number of thiazole rings is 1. The summed E-state index contributed by atoms with van der Waals surface area (Å²) in [5.41, 5.74) is 1.01. The Labute approximate surface area is 181 Å². The van der Waals surface area contributed by atoms with E-state index in [4.69, 9.17) is 11.6 Å². The van der Waals surface area contributed by atoms with Gasteiger partial charge in [0.2, 0.25) is 15.9 Å². The molecule has 0 aliphatic carbocycles. The minimum atomic E-state index is -4.06. The molecular formula is C19H16ClF2N3O3S2. The molecule has 0 bridgehead atoms. The Morgan fingerprint density at radius 2 is 1.93 bits per heavy atom. The number of aromatic nitrogens is 1. The number of rotatable bonds is 8. The maximum atomic E-state index is 13.2. The van der Waals surface area contributed by atoms with Gasteiger partial charge in [-0.25, -0.2) is 26.9 Å². The summed E-state index contributed by atoms with van der Waals surface area (Å²) in [6.45, 7) is -0.214. The highest BCUT2D eigenvalue weighted by Gasteiger charge is 2.17. The lowest BCUT2D eigenvalue weighted by Crippen LogP contribution is -2.28. The van der Waals surface area contributed by atoms with Crippen molar-refractivity contribution in [1.29, 1.82) is 0 Å². The van der Waals surface area contributed by atoms with Crippen molar-refractivity contribution in [3.05, 3.63) is 75.8 Å². The first-order valence-electron chi connectivity index (χ1n) is 8.66. The minimum Gasteiger partial charge on any atom is -0.302 e. The van der Waals surface area contributed by atoms with Gasteiger partial charge in [-0.1, -0.05) is 23.7 Å². The van der Waals surface area contributed by atoms with Crippen LogP contribution in [0.3, 0.4) is 0 Å². The zero-order valence-electron chi connectivity index (χ0n) is 15.4. The van der Waals surface area contributed by atoms with E-state index in [2.05, 4.69) is 15.0 Å². The van der Waals surface area contributed by atoms with Crippen molar-refractivity contribution in [3.63, 3.8) is 0 Å². The van der Waals surface area contributed by atoms with Crippen LogP contribution in [0.2, 0.25) is 5.02 Å². The molecule has 158 valence electrons. The summed E-state index contributed by atoms with van der Waals surface area (Å²) in [6, 6.07) is 9.65. The van der Waals surface area contributed by atoms with Gasteiger partial charge < -0.3 is 5.32 Å². The first-order chi connectivity index (χ1) is 14.2. The molecule has 2 aromatic carbocycles. The first-order valence-corrected chi connectivity index (χ1v) is 11.3. The Morgan fingerprint density at radius 1 is 1.13 bits per heavy atom. The van der Waals surface area contributed by atoms with Crippen LogP contribution < -0.4 is 10.0 Å². The first kappa shape index (κ1) is 22.3. The number of sulfonamides is 1. The van der Waals surface area contributed by atoms with Crippen LogP contribution in [0.4, 0.5) is 13.9 Å². The fraction of sp³-hybridized carbons (Fsp3) is 0.158. The van der Waals surface area contributed by atoms with Gasteiger partial charge in [-0.15, -0.1) is 11.3 Å². The van der Waals surface area contributed by atoms with Crippen molar-refractivity contribution in [2.75, 3.05) is 11.9 Å². The zero-order valence-corrected chi connectivity index (χ0v) is 17.8. The lowest BCUT2D eigenvalue weighted by atomic mass is 10.1. The number of hydrogen-bond acceptors (Lipinski definition) is 5. The van der Waals surface area contributed by atoms with E-state index in [1.165, 1.54) is 11.3 Å². The molecule has 0 unspecified atom stereocenters. The highest BCUT2D eigenvalue weighted by Crippen LogP contribution is 2.22. The molecule has 0 aliphatic heterocycles. The summed E-state index contributed by atoms with van der Waals surface area (Å²) >= 11 is 7.26. The molecule has 1 amide bonds. The third-order valence-electron chi connectivity index (χ3n) is 3.91. The molecule has 0 saturated carbocycles. The molecule has 0 atom stereocenters. The number of hydrogen-bond donors (Lipinski definition) is 2. The molecule has 1 heterocycles. The maximum Gasteiger partial charge on any atom is 0.240 e. The summed E-state index contributed by atoms with van der Waals surface area (Å²) in [6.07, 6.45) is 2.10. The number of carbonyl (C=O) groups is 1. The molecule has 11 heteroatoms. The second-order valence-electron chi connectivity index (χ2n) is 6.21. The number of anilines is 1. The third kappa shape index (κ3) is 6.05. The van der Waals surface area contributed by atoms with Crippen LogP contribution >= 0.6 is 22.9 Å². The monoisotopic (exact) mass is 471 g/mol. The normalized spacial score (nSPS) is 11.4. The van der Waals surface area contributed by atoms with E-state index in [0.29, 0.717) is 22.6 Å². The van der Waals surface area contributed by atoms with Gasteiger partial charge in [0.05, 0.1) is 4.90 Å². The summed E-state index contributed by atoms with van der Waals surface area (Å²) in [7, 11) is -4.06. The minimum absolute atomic E-state index is 0.161. The molecular weight excluding hydrogens is 456 g/mol. The van der Waals surface area contributed by atoms with E-state index in [1.54, 1.807) is 12.3 Å². The van der Waals surface area contributed by atoms with E-state index < -0.39 is 32.5 Å². The lowest BCUT2D eigenvalue weighted by Gasteiger charge is -2.07. The molecule has 1 aromatic heterocycles. The second kappa shape index (κ2) is 9.61. The van der Waals surface area contributed by atoms with Crippen LogP contribution in [-0.4, -0.2) is 25.9 Å². The fourth-order valence-corrected chi connectivity index (χ4v) is 4.62. The van der Waals surface area contributed by atoms with E-state index in [-0.39, 0.29) is 13.0 Å². The van der Waals surface area contributed by atoms with Gasteiger partial charge in [0.25, 0.3) is 0 Å². The highest BCUT2D eigenvalue weighted by atomic mass is 35.5. The Morgan fingerprint density at radius 3 is 2.67 bits per heavy atom. The van der Waals surface area contributed by atoms with Crippen LogP contribution in [0.15, 0.2) is 53.6 Å². The quantitative estimate of drug-likeness (QED) is 0.520. The van der Waals surface area contributed by atoms with Crippen LogP contribution in [0.1, 0.15) is 16.9 Å². The number of nitrogens with zero attached hydrogens (tertiary/aromatic N) is 1. The lowest BCUT2D eigenvalue weighted by molar-refractivity contribution is -0.116. The smallest absolute Gasteiger partial charge is 0.240 e. The van der Waals surface area contributed by atoms with Crippen molar-refractivity contribution in [1.82, 2.24) is 9.71 Å². The van der Waals surface area contributed by atoms with Crippen LogP contribution in [0, 0.1) is 11.6 Å². The number of benzene rings is 2. The topological polar surface area (TPSA) is 88.2 Å². The van der Waals surface area contributed by atoms with Gasteiger partial charge in [0.15, 0.2) is 16.8 Å². The molecule has 3 rings (SSSR count). The van der Waals surface area contributed by atoms with Crippen molar-refractivity contribution >= 4 is 44.0 Å². The van der Waals surface area contributed by atoms with Gasteiger partial charge in [-0.3, -0.25) is 4.79 Å². The van der Waals surface area contributed by atoms with Crippen molar-refractivity contribution in [3.8, 4) is 0 Å². The Kier molecular flexibility index (Phi) is 7.14. The molecule has 3 aromatic rings. The van der Waals surface area contributed by atoms with Crippen LogP contribution in [0.25, 0.3) is 0 Å². The summed E-state index contributed by atoms with van der Waals surface area (Å²) in [5, 5.41) is 3.62. The van der Waals surface area contributed by atoms with Crippen molar-refractivity contribution in [2.45, 2.75) is 17.7 Å². The number of carbonyl (C=O) groups excluding carboxylic acids is 1. The number of halogens is 3. The fourth-order valence-electron chi connectivity index (χ4n) is 2.50. The molecule has 0 aliphatic rings. The largest absolute Gasteiger partial charge is 0.302 e. The number of nitrogens with one attached hydrogen (secondary N) is 2. The molecule has 2 N–H and O–H groups in total. The molecule has 0 radical (unpaired) electrons. The van der Waals surface area contributed by atoms with Gasteiger partial charge >= 0.3 is 0 Å². The Balaban J connectivity index is 1.50. The molecule has 30 heavy (non-hydrogen) atoms. The SMILES string of the molecule is O=C(CCNS(=O)(=O)c1ccc(F)c(F)c1)Nc1ncc(Cc2cccc(Cl)c2)s1. The second-order valence-corrected chi connectivity index (χ2v) is 9.53. The average Bonchev–Trinajstić information content (AvgIpc) is 3.10. The third-order valence-corrected chi connectivity index (χ3v) is 6.52. The van der Waals surface area contributed by atoms with Crippen molar-refractivity contribution < 1.29 is 22.0 Å². The predicted molar refractivity (Wildman–Crippen MR) is 111 cm³/mol. The van der Waals surface area contributed by atoms with E-state index in [9.17, 15) is 22.0 Å². The van der Waals surface area contributed by atoms with Crippen molar-refractivity contribution in [2.24, 2.45) is 0 Å². The Bertz CT molecular complexity index is 1170. The van der Waals surface area contributed by atoms with Crippen LogP contribution in [0.5, 0.6) is 0 Å². The predicted octanol–water partition coefficient (Wildman–Crippen LogP) is 3.97. The van der Waals surface area contributed by atoms with E-state index >= 15 is 0 Å².